The quantitative estimate of drug-likeness (QED) is 0.0759. The molecule has 3 unspecified atom stereocenters. The van der Waals surface area contributed by atoms with Gasteiger partial charge in [-0.2, -0.15) is 0 Å². The molecule has 3 atom stereocenters. The van der Waals surface area contributed by atoms with Crippen molar-refractivity contribution in [2.75, 3.05) is 26.4 Å². The molecule has 2 aliphatic rings. The van der Waals surface area contributed by atoms with Gasteiger partial charge in [-0.3, -0.25) is 0 Å². The third-order valence-electron chi connectivity index (χ3n) is 13.8. The normalized spacial score (nSPS) is 14.6. The summed E-state index contributed by atoms with van der Waals surface area (Å²) in [5.41, 5.74) is 16.0. The first-order valence-electron chi connectivity index (χ1n) is 24.6. The Kier molecular flexibility index (Phi) is 14.3. The van der Waals surface area contributed by atoms with Gasteiger partial charge in [-0.25, -0.2) is 0 Å². The molecule has 0 amide bonds. The van der Waals surface area contributed by atoms with Crippen molar-refractivity contribution in [3.05, 3.63) is 165 Å². The van der Waals surface area contributed by atoms with E-state index >= 15 is 0 Å². The highest BCUT2D eigenvalue weighted by Crippen LogP contribution is 2.65. The summed E-state index contributed by atoms with van der Waals surface area (Å²) >= 11 is 0. The molecule has 0 heterocycles. The van der Waals surface area contributed by atoms with Crippen LogP contribution >= 0.6 is 0 Å². The van der Waals surface area contributed by atoms with Crippen molar-refractivity contribution in [1.29, 1.82) is 0 Å². The van der Waals surface area contributed by atoms with Gasteiger partial charge in [-0.15, -0.1) is 0 Å². The van der Waals surface area contributed by atoms with Crippen LogP contribution in [-0.2, 0) is 5.41 Å². The van der Waals surface area contributed by atoms with E-state index in [-0.39, 0.29) is 0 Å². The third-order valence-corrected chi connectivity index (χ3v) is 13.8. The van der Waals surface area contributed by atoms with Crippen LogP contribution in [0.1, 0.15) is 130 Å². The minimum Gasteiger partial charge on any atom is -0.489 e. The van der Waals surface area contributed by atoms with E-state index in [1.165, 1.54) is 55.6 Å². The minimum atomic E-state index is -0.717. The number of benzene rings is 6. The molecule has 6 aromatic rings. The smallest absolute Gasteiger partial charge is 0.161 e. The van der Waals surface area contributed by atoms with Crippen molar-refractivity contribution in [3.8, 4) is 45.3 Å². The molecule has 342 valence electrons. The molecule has 4 nitrogen and oxygen atoms in total. The predicted octanol–water partition coefficient (Wildman–Crippen LogP) is 16.3. The molecule has 0 fully saturated rings. The van der Waals surface area contributed by atoms with Crippen molar-refractivity contribution < 1.29 is 18.9 Å². The number of rotatable bonds is 19. The third kappa shape index (κ3) is 9.61. The fourth-order valence-electron chi connectivity index (χ4n) is 8.98. The lowest BCUT2D eigenvalue weighted by Gasteiger charge is -2.32. The van der Waals surface area contributed by atoms with Crippen molar-refractivity contribution in [2.45, 2.75) is 93.9 Å². The molecule has 0 saturated heterocycles. The van der Waals surface area contributed by atoms with E-state index in [1.807, 2.05) is 0 Å². The molecule has 66 heavy (non-hydrogen) atoms. The number of ether oxygens (including phenoxy) is 4. The van der Waals surface area contributed by atoms with Gasteiger partial charge < -0.3 is 18.9 Å². The Morgan fingerprint density at radius 2 is 0.697 bits per heavy atom. The first-order chi connectivity index (χ1) is 31.9. The molecule has 0 bridgehead atoms. The largest absolute Gasteiger partial charge is 0.489 e. The van der Waals surface area contributed by atoms with Crippen LogP contribution < -0.4 is 18.9 Å². The van der Waals surface area contributed by atoms with E-state index in [4.69, 9.17) is 18.9 Å². The number of hydrogen-bond acceptors (Lipinski definition) is 4. The average Bonchev–Trinajstić information content (AvgIpc) is 3.77. The maximum atomic E-state index is 6.89. The lowest BCUT2D eigenvalue weighted by atomic mass is 9.70. The van der Waals surface area contributed by atoms with Gasteiger partial charge >= 0.3 is 0 Å². The highest BCUT2D eigenvalue weighted by atomic mass is 16.5. The van der Waals surface area contributed by atoms with Gasteiger partial charge in [0.2, 0.25) is 0 Å². The zero-order chi connectivity index (χ0) is 46.5. The molecular weight excluding hydrogens is 809 g/mol. The SMILES string of the molecule is CCC(C)COc1cc2c(cc1OCC(C)C)-c1cc(OCC(C)CC)c(OCC(C)CC)cc1C21c2cc(/C=C/c3ccc(C)cc3)ccc2-c2ccc(/C=C/c3ccc(C)cc3)cc21. The Labute approximate surface area is 395 Å². The zero-order valence-corrected chi connectivity index (χ0v) is 41.1. The molecular formula is C62H70O4. The van der Waals surface area contributed by atoms with E-state index in [0.29, 0.717) is 50.1 Å². The van der Waals surface area contributed by atoms with Crippen LogP contribution in [0.2, 0.25) is 0 Å². The minimum absolute atomic E-state index is 0.344. The summed E-state index contributed by atoms with van der Waals surface area (Å²) in [4.78, 5) is 0. The van der Waals surface area contributed by atoms with E-state index in [0.717, 1.165) is 64.5 Å². The van der Waals surface area contributed by atoms with Crippen LogP contribution in [0, 0.1) is 37.5 Å². The fourth-order valence-corrected chi connectivity index (χ4v) is 8.98. The number of hydrogen-bond donors (Lipinski definition) is 0. The summed E-state index contributed by atoms with van der Waals surface area (Å²) in [5.74, 6) is 4.64. The Morgan fingerprint density at radius 3 is 1.06 bits per heavy atom. The molecule has 4 heteroatoms. The summed E-state index contributed by atoms with van der Waals surface area (Å²) < 4.78 is 27.3. The lowest BCUT2D eigenvalue weighted by Crippen LogP contribution is -2.26. The summed E-state index contributed by atoms with van der Waals surface area (Å²) in [5, 5.41) is 0. The molecule has 0 aliphatic heterocycles. The average molecular weight is 879 g/mol. The Balaban J connectivity index is 1.43. The predicted molar refractivity (Wildman–Crippen MR) is 278 cm³/mol. The Morgan fingerprint density at radius 1 is 0.379 bits per heavy atom. The van der Waals surface area contributed by atoms with Gasteiger partial charge in [0.1, 0.15) is 0 Å². The summed E-state index contributed by atoms with van der Waals surface area (Å²) in [7, 11) is 0. The number of fused-ring (bicyclic) bond motifs is 10. The van der Waals surface area contributed by atoms with E-state index in [2.05, 4.69) is 203 Å². The molecule has 0 aromatic heterocycles. The van der Waals surface area contributed by atoms with Crippen LogP contribution in [0.15, 0.2) is 109 Å². The second-order valence-electron chi connectivity index (χ2n) is 19.7. The molecule has 1 spiro atoms. The van der Waals surface area contributed by atoms with Crippen LogP contribution in [0.25, 0.3) is 46.6 Å². The second kappa shape index (κ2) is 20.3. The highest BCUT2D eigenvalue weighted by molar-refractivity contribution is 5.97. The zero-order valence-electron chi connectivity index (χ0n) is 41.1. The molecule has 2 aliphatic carbocycles. The van der Waals surface area contributed by atoms with Crippen molar-refractivity contribution in [1.82, 2.24) is 0 Å². The molecule has 0 saturated carbocycles. The lowest BCUT2D eigenvalue weighted by molar-refractivity contribution is 0.217. The molecule has 6 aromatic carbocycles. The number of aryl methyl sites for hydroxylation is 2. The van der Waals surface area contributed by atoms with Crippen molar-refractivity contribution >= 4 is 24.3 Å². The first-order valence-corrected chi connectivity index (χ1v) is 24.6. The van der Waals surface area contributed by atoms with Gasteiger partial charge in [-0.05, 0) is 141 Å². The fraction of sp³-hybridized carbons (Fsp3) is 0.355. The summed E-state index contributed by atoms with van der Waals surface area (Å²) in [6.07, 6.45) is 12.0. The van der Waals surface area contributed by atoms with Gasteiger partial charge in [0.05, 0.1) is 31.8 Å². The first kappa shape index (κ1) is 46.5. The Hall–Kier alpha value is -6.00. The maximum Gasteiger partial charge on any atom is 0.161 e. The van der Waals surface area contributed by atoms with Crippen LogP contribution in [0.5, 0.6) is 23.0 Å². The summed E-state index contributed by atoms with van der Waals surface area (Å²) in [6, 6.07) is 40.7. The van der Waals surface area contributed by atoms with Gasteiger partial charge in [-0.1, -0.05) is 183 Å². The highest BCUT2D eigenvalue weighted by Gasteiger charge is 2.53. The van der Waals surface area contributed by atoms with Crippen LogP contribution in [0.3, 0.4) is 0 Å². The van der Waals surface area contributed by atoms with Crippen LogP contribution in [0.4, 0.5) is 0 Å². The monoisotopic (exact) mass is 879 g/mol. The molecule has 8 rings (SSSR count). The van der Waals surface area contributed by atoms with E-state index < -0.39 is 5.41 Å². The Bertz CT molecular complexity index is 2590. The molecule has 0 N–H and O–H groups in total. The van der Waals surface area contributed by atoms with Gasteiger partial charge in [0, 0.05) is 0 Å². The van der Waals surface area contributed by atoms with Crippen molar-refractivity contribution in [3.63, 3.8) is 0 Å². The topological polar surface area (TPSA) is 36.9 Å². The maximum absolute atomic E-state index is 6.89. The standard InChI is InChI=1S/C62H70O4/c1-11-41(6)37-64-59-33-53-52-32-58(63-36-40(4)5)60(65-38-42(7)12-2)34-56(52)62(57(53)35-61(59)66-39-43(8)13-3)54-30-48(24-22-46-18-14-44(9)15-19-46)26-28-50(54)51-29-27-49(31-55(51)62)25-23-47-20-16-45(10)17-21-47/h14-35,40-43H,11-13,36-39H2,1-10H3/b24-22+,25-23+. The molecule has 0 radical (unpaired) electrons. The summed E-state index contributed by atoms with van der Waals surface area (Å²) in [6.45, 7) is 24.5. The van der Waals surface area contributed by atoms with Crippen LogP contribution in [-0.4, -0.2) is 26.4 Å². The van der Waals surface area contributed by atoms with E-state index in [9.17, 15) is 0 Å². The second-order valence-corrected chi connectivity index (χ2v) is 19.7. The van der Waals surface area contributed by atoms with Crippen molar-refractivity contribution in [2.24, 2.45) is 23.7 Å². The van der Waals surface area contributed by atoms with Gasteiger partial charge in [0.15, 0.2) is 23.0 Å². The van der Waals surface area contributed by atoms with Gasteiger partial charge in [0.25, 0.3) is 0 Å². The van der Waals surface area contributed by atoms with E-state index in [1.54, 1.807) is 0 Å².